The van der Waals surface area contributed by atoms with Crippen LogP contribution in [-0.4, -0.2) is 63.4 Å². The van der Waals surface area contributed by atoms with E-state index >= 15 is 0 Å². The summed E-state index contributed by atoms with van der Waals surface area (Å²) in [6.07, 6.45) is 0. The summed E-state index contributed by atoms with van der Waals surface area (Å²) in [4.78, 5) is 9.22. The molecule has 12 heteroatoms. The molecule has 0 saturated heterocycles. The zero-order valence-corrected chi connectivity index (χ0v) is 29.0. The second-order valence-electron chi connectivity index (χ2n) is 11.6. The first-order valence-corrected chi connectivity index (χ1v) is 16.9. The van der Waals surface area contributed by atoms with Crippen molar-refractivity contribution >= 4 is 44.8 Å². The molecule has 7 rings (SSSR count). The number of hydrogen-bond donors (Lipinski definition) is 4. The summed E-state index contributed by atoms with van der Waals surface area (Å²) in [5.41, 5.74) is 3.08. The highest BCUT2D eigenvalue weighted by Gasteiger charge is 2.10. The summed E-state index contributed by atoms with van der Waals surface area (Å²) in [5, 5.41) is 24.7. The Balaban J connectivity index is 0.000000176. The van der Waals surface area contributed by atoms with Gasteiger partial charge in [0.05, 0.1) is 19.8 Å². The topological polar surface area (TPSA) is 144 Å². The Bertz CT molecular complexity index is 2130. The number of benzene rings is 3. The number of ether oxygens (including phenoxy) is 4. The van der Waals surface area contributed by atoms with Gasteiger partial charge in [-0.25, -0.2) is 0 Å². The molecule has 262 valence electrons. The van der Waals surface area contributed by atoms with Crippen LogP contribution in [0.1, 0.15) is 23.9 Å². The number of anilines is 4. The van der Waals surface area contributed by atoms with Crippen LogP contribution in [0.4, 0.5) is 23.3 Å². The molecule has 0 aliphatic heterocycles. The Kier molecular flexibility index (Phi) is 12.0. The first-order valence-electron chi connectivity index (χ1n) is 16.9. The third kappa shape index (κ3) is 10.0. The number of H-pyrrole nitrogens is 2. The van der Waals surface area contributed by atoms with Gasteiger partial charge in [0.15, 0.2) is 11.6 Å². The smallest absolute Gasteiger partial charge is 0.223 e. The largest absolute Gasteiger partial charge is 0.475 e. The highest BCUT2D eigenvalue weighted by molar-refractivity contribution is 5.90. The Labute approximate surface area is 296 Å². The van der Waals surface area contributed by atoms with Crippen LogP contribution in [0.15, 0.2) is 103 Å². The van der Waals surface area contributed by atoms with Crippen LogP contribution in [0.25, 0.3) is 21.5 Å². The molecule has 0 fully saturated rings. The summed E-state index contributed by atoms with van der Waals surface area (Å²) in [5.74, 6) is 4.02. The van der Waals surface area contributed by atoms with E-state index < -0.39 is 0 Å². The van der Waals surface area contributed by atoms with Crippen LogP contribution in [0.5, 0.6) is 11.8 Å². The van der Waals surface area contributed by atoms with Gasteiger partial charge in [-0.3, -0.25) is 10.2 Å². The number of pyridine rings is 2. The van der Waals surface area contributed by atoms with Gasteiger partial charge in [0.2, 0.25) is 11.8 Å². The lowest BCUT2D eigenvalue weighted by atomic mass is 10.1. The lowest BCUT2D eigenvalue weighted by Gasteiger charge is -2.11. The molecule has 0 atom stereocenters. The van der Waals surface area contributed by atoms with Crippen molar-refractivity contribution in [2.24, 2.45) is 0 Å². The first kappa shape index (κ1) is 34.9. The SMILES string of the molecule is CCOCCOCCOc1nc(Nc2cc(C)[nH]n2)cc2ccccc12.Cc1cc(Nc2cc3ccccc3c(OCc3ccccc3)n2)n[nH]1. The normalized spacial score (nSPS) is 10.9. The average Bonchev–Trinajstić information content (AvgIpc) is 3.76. The molecular weight excluding hydrogens is 644 g/mol. The van der Waals surface area contributed by atoms with E-state index in [1.54, 1.807) is 0 Å². The van der Waals surface area contributed by atoms with E-state index in [1.807, 2.05) is 124 Å². The molecule has 0 aliphatic carbocycles. The molecule has 0 amide bonds. The molecule has 0 spiro atoms. The fraction of sp³-hybridized carbons (Fsp3) is 0.231. The molecule has 0 aliphatic rings. The Morgan fingerprint density at radius 1 is 0.549 bits per heavy atom. The van der Waals surface area contributed by atoms with E-state index in [0.717, 1.165) is 50.1 Å². The van der Waals surface area contributed by atoms with E-state index in [1.165, 1.54) is 0 Å². The van der Waals surface area contributed by atoms with Crippen LogP contribution in [0, 0.1) is 13.8 Å². The average molecular weight is 687 g/mol. The predicted molar refractivity (Wildman–Crippen MR) is 200 cm³/mol. The van der Waals surface area contributed by atoms with Crippen LogP contribution in [0.2, 0.25) is 0 Å². The highest BCUT2D eigenvalue weighted by Crippen LogP contribution is 2.29. The molecule has 51 heavy (non-hydrogen) atoms. The molecule has 4 heterocycles. The van der Waals surface area contributed by atoms with Crippen LogP contribution < -0.4 is 20.1 Å². The monoisotopic (exact) mass is 686 g/mol. The van der Waals surface area contributed by atoms with Crippen LogP contribution >= 0.6 is 0 Å². The molecule has 4 N–H and O–H groups in total. The summed E-state index contributed by atoms with van der Waals surface area (Å²) in [6.45, 7) is 9.12. The summed E-state index contributed by atoms with van der Waals surface area (Å²) in [6, 6.07) is 34.0. The molecule has 0 radical (unpaired) electrons. The Morgan fingerprint density at radius 3 is 1.61 bits per heavy atom. The second kappa shape index (κ2) is 17.6. The minimum atomic E-state index is 0.425. The summed E-state index contributed by atoms with van der Waals surface area (Å²) >= 11 is 0. The van der Waals surface area contributed by atoms with Crippen molar-refractivity contribution in [1.29, 1.82) is 0 Å². The van der Waals surface area contributed by atoms with Crippen molar-refractivity contribution in [1.82, 2.24) is 30.4 Å². The van der Waals surface area contributed by atoms with Crippen molar-refractivity contribution < 1.29 is 18.9 Å². The molecule has 0 saturated carbocycles. The van der Waals surface area contributed by atoms with E-state index in [4.69, 9.17) is 18.9 Å². The summed E-state index contributed by atoms with van der Waals surface area (Å²) in [7, 11) is 0. The minimum absolute atomic E-state index is 0.425. The van der Waals surface area contributed by atoms with Gasteiger partial charge < -0.3 is 29.6 Å². The maximum Gasteiger partial charge on any atom is 0.223 e. The van der Waals surface area contributed by atoms with Gasteiger partial charge in [-0.1, -0.05) is 66.7 Å². The number of aromatic amines is 2. The first-order chi connectivity index (χ1) is 25.0. The fourth-order valence-corrected chi connectivity index (χ4v) is 5.20. The fourth-order valence-electron chi connectivity index (χ4n) is 5.20. The molecule has 0 bridgehead atoms. The Hall–Kier alpha value is -5.98. The van der Waals surface area contributed by atoms with E-state index in [2.05, 4.69) is 41.0 Å². The third-order valence-electron chi connectivity index (χ3n) is 7.60. The zero-order chi connectivity index (χ0) is 35.3. The van der Waals surface area contributed by atoms with Crippen LogP contribution in [-0.2, 0) is 16.1 Å². The number of hydrogen-bond acceptors (Lipinski definition) is 10. The van der Waals surface area contributed by atoms with Gasteiger partial charge in [-0.05, 0) is 61.4 Å². The van der Waals surface area contributed by atoms with Crippen molar-refractivity contribution in [2.45, 2.75) is 27.4 Å². The Morgan fingerprint density at radius 2 is 1.06 bits per heavy atom. The molecule has 3 aromatic carbocycles. The van der Waals surface area contributed by atoms with E-state index in [9.17, 15) is 0 Å². The van der Waals surface area contributed by atoms with Gasteiger partial charge in [0.25, 0.3) is 0 Å². The molecular formula is C39H42N8O4. The van der Waals surface area contributed by atoms with Crippen LogP contribution in [0.3, 0.4) is 0 Å². The lowest BCUT2D eigenvalue weighted by molar-refractivity contribution is 0.0401. The van der Waals surface area contributed by atoms with E-state index in [-0.39, 0.29) is 0 Å². The molecule has 0 unspecified atom stereocenters. The number of aromatic nitrogens is 6. The number of rotatable bonds is 15. The standard InChI is InChI=1S/C20H18N4O.C19H24N4O3/c1-14-11-19(24-23-14)21-18-12-16-9-5-6-10-17(16)20(22-18)25-13-15-7-3-2-4-8-15;1-3-24-8-9-25-10-11-26-19-16-7-5-4-6-15(16)13-17(21-19)20-18-12-14(2)22-23-18/h2-12H,13H2,1H3,(H2,21,22,23,24);4-7,12-13H,3,8-11H2,1-2H3,(H2,20,21,22,23). The van der Waals surface area contributed by atoms with Crippen molar-refractivity contribution in [3.8, 4) is 11.8 Å². The highest BCUT2D eigenvalue weighted by atomic mass is 16.5. The van der Waals surface area contributed by atoms with E-state index in [0.29, 0.717) is 63.0 Å². The van der Waals surface area contributed by atoms with Gasteiger partial charge in [-0.2, -0.15) is 20.2 Å². The third-order valence-corrected chi connectivity index (χ3v) is 7.60. The number of fused-ring (bicyclic) bond motifs is 2. The van der Waals surface area contributed by atoms with Gasteiger partial charge in [-0.15, -0.1) is 0 Å². The summed E-state index contributed by atoms with van der Waals surface area (Å²) < 4.78 is 22.6. The number of nitrogens with zero attached hydrogens (tertiary/aromatic N) is 4. The maximum atomic E-state index is 6.01. The minimum Gasteiger partial charge on any atom is -0.475 e. The maximum absolute atomic E-state index is 6.01. The van der Waals surface area contributed by atoms with Crippen molar-refractivity contribution in [3.05, 3.63) is 120 Å². The van der Waals surface area contributed by atoms with Gasteiger partial charge >= 0.3 is 0 Å². The van der Waals surface area contributed by atoms with Gasteiger partial charge in [0.1, 0.15) is 24.8 Å². The van der Waals surface area contributed by atoms with Gasteiger partial charge in [0, 0.05) is 40.9 Å². The molecule has 7 aromatic rings. The molecule has 12 nitrogen and oxygen atoms in total. The predicted octanol–water partition coefficient (Wildman–Crippen LogP) is 8.03. The quantitative estimate of drug-likeness (QED) is 0.0783. The number of nitrogens with one attached hydrogen (secondary N) is 4. The van der Waals surface area contributed by atoms with Crippen molar-refractivity contribution in [3.63, 3.8) is 0 Å². The lowest BCUT2D eigenvalue weighted by Crippen LogP contribution is -2.11. The zero-order valence-electron chi connectivity index (χ0n) is 29.0. The van der Waals surface area contributed by atoms with Crippen molar-refractivity contribution in [2.75, 3.05) is 43.7 Å². The number of aryl methyl sites for hydroxylation is 2. The molecule has 4 aromatic heterocycles. The second-order valence-corrected chi connectivity index (χ2v) is 11.6.